The van der Waals surface area contributed by atoms with Crippen LogP contribution >= 0.6 is 11.6 Å². The van der Waals surface area contributed by atoms with Gasteiger partial charge in [-0.3, -0.25) is 4.79 Å². The Balaban J connectivity index is 2.00. The average molecular weight is 370 g/mol. The summed E-state index contributed by atoms with van der Waals surface area (Å²) in [5.74, 6) is -0.996. The maximum atomic E-state index is 12.6. The first-order valence-electron chi connectivity index (χ1n) is 8.53. The number of carbonyl (C=O) groups is 1. The lowest BCUT2D eigenvalue weighted by molar-refractivity contribution is 0.0958. The predicted octanol–water partition coefficient (Wildman–Crippen LogP) is 2.17. The number of nitrogens with one attached hydrogen (secondary N) is 2. The van der Waals surface area contributed by atoms with E-state index in [0.29, 0.717) is 12.8 Å². The van der Waals surface area contributed by atoms with Crippen molar-refractivity contribution in [2.24, 2.45) is 0 Å². The fourth-order valence-corrected chi connectivity index (χ4v) is 4.17. The zero-order valence-electron chi connectivity index (χ0n) is 15.3. The highest BCUT2D eigenvalue weighted by atomic mass is 35.5. The van der Waals surface area contributed by atoms with E-state index < -0.39 is 28.0 Å². The molecule has 1 aromatic heterocycles. The first-order valence-corrected chi connectivity index (χ1v) is 8.96. The SMILES string of the molecule is [2H]C([2H])([2H])NC(=O)c1nnc(Cl)cc1Nc1ccccc1S(=O)(=O)C1CC1. The van der Waals surface area contributed by atoms with Gasteiger partial charge in [-0.2, -0.15) is 0 Å². The van der Waals surface area contributed by atoms with Crippen molar-refractivity contribution in [2.75, 3.05) is 12.3 Å². The van der Waals surface area contributed by atoms with Crippen molar-refractivity contribution in [2.45, 2.75) is 23.0 Å². The third-order valence-electron chi connectivity index (χ3n) is 3.52. The minimum absolute atomic E-state index is 0.0372. The lowest BCUT2D eigenvalue weighted by atomic mass is 10.2. The summed E-state index contributed by atoms with van der Waals surface area (Å²) >= 11 is 5.84. The number of halogens is 1. The van der Waals surface area contributed by atoms with Crippen LogP contribution in [0.5, 0.6) is 0 Å². The van der Waals surface area contributed by atoms with Crippen LogP contribution in [0.1, 0.15) is 27.4 Å². The maximum Gasteiger partial charge on any atom is 0.273 e. The monoisotopic (exact) mass is 369 g/mol. The van der Waals surface area contributed by atoms with Crippen LogP contribution in [0.4, 0.5) is 11.4 Å². The maximum absolute atomic E-state index is 12.6. The summed E-state index contributed by atoms with van der Waals surface area (Å²) in [6, 6.07) is 7.50. The molecule has 1 fully saturated rings. The largest absolute Gasteiger partial charge is 0.354 e. The summed E-state index contributed by atoms with van der Waals surface area (Å²) in [6.45, 7) is -2.72. The van der Waals surface area contributed by atoms with Gasteiger partial charge < -0.3 is 10.6 Å². The van der Waals surface area contributed by atoms with Crippen molar-refractivity contribution in [3.63, 3.8) is 0 Å². The number of benzene rings is 1. The van der Waals surface area contributed by atoms with Gasteiger partial charge in [-0.25, -0.2) is 8.42 Å². The molecule has 0 spiro atoms. The molecule has 0 bridgehead atoms. The Hall–Kier alpha value is -2.19. The van der Waals surface area contributed by atoms with Crippen molar-refractivity contribution in [3.05, 3.63) is 41.2 Å². The number of para-hydroxylation sites is 1. The van der Waals surface area contributed by atoms with Crippen LogP contribution in [0.25, 0.3) is 0 Å². The van der Waals surface area contributed by atoms with Crippen molar-refractivity contribution >= 4 is 38.7 Å². The summed E-state index contributed by atoms with van der Waals surface area (Å²) in [7, 11) is -3.51. The molecule has 24 heavy (non-hydrogen) atoms. The number of aromatic nitrogens is 2. The standard InChI is InChI=1S/C15H15ClN4O3S/c1-17-15(21)14-11(8-13(16)19-20-14)18-10-4-2-3-5-12(10)24(22,23)9-6-7-9/h2-5,8-9H,6-7H2,1H3,(H,17,21)(H,18,19)/i1D3. The van der Waals surface area contributed by atoms with Gasteiger partial charge in [-0.1, -0.05) is 23.7 Å². The normalized spacial score (nSPS) is 16.6. The van der Waals surface area contributed by atoms with Gasteiger partial charge in [0, 0.05) is 17.2 Å². The Kier molecular flexibility index (Phi) is 3.49. The summed E-state index contributed by atoms with van der Waals surface area (Å²) in [5.41, 5.74) is -0.0549. The third-order valence-corrected chi connectivity index (χ3v) is 6.02. The molecular formula is C15H15ClN4O3S. The van der Waals surface area contributed by atoms with E-state index >= 15 is 0 Å². The van der Waals surface area contributed by atoms with Crippen LogP contribution < -0.4 is 10.6 Å². The molecule has 0 atom stereocenters. The highest BCUT2D eigenvalue weighted by Gasteiger charge is 2.38. The van der Waals surface area contributed by atoms with Gasteiger partial charge in [0.1, 0.15) is 0 Å². The van der Waals surface area contributed by atoms with Crippen LogP contribution in [-0.4, -0.2) is 36.7 Å². The Labute approximate surface area is 148 Å². The number of sulfone groups is 1. The first-order chi connectivity index (χ1) is 12.6. The number of hydrogen-bond donors (Lipinski definition) is 2. The van der Waals surface area contributed by atoms with Crippen LogP contribution in [0.15, 0.2) is 35.2 Å². The van der Waals surface area contributed by atoms with Crippen molar-refractivity contribution in [1.29, 1.82) is 0 Å². The van der Waals surface area contributed by atoms with E-state index in [-0.39, 0.29) is 27.1 Å². The second-order valence-electron chi connectivity index (χ2n) is 5.25. The lowest BCUT2D eigenvalue weighted by Crippen LogP contribution is -2.21. The zero-order chi connectivity index (χ0) is 19.8. The van der Waals surface area contributed by atoms with E-state index in [1.165, 1.54) is 18.2 Å². The number of hydrogen-bond acceptors (Lipinski definition) is 6. The minimum Gasteiger partial charge on any atom is -0.354 e. The van der Waals surface area contributed by atoms with Gasteiger partial charge in [0.2, 0.25) is 0 Å². The van der Waals surface area contributed by atoms with Gasteiger partial charge in [0.05, 0.1) is 21.5 Å². The molecule has 0 unspecified atom stereocenters. The van der Waals surface area contributed by atoms with Gasteiger partial charge >= 0.3 is 0 Å². The van der Waals surface area contributed by atoms with Crippen molar-refractivity contribution < 1.29 is 17.3 Å². The summed E-state index contributed by atoms with van der Waals surface area (Å²) < 4.78 is 46.7. The Morgan fingerprint density at radius 1 is 1.29 bits per heavy atom. The Morgan fingerprint density at radius 2 is 2.04 bits per heavy atom. The Bertz CT molecular complexity index is 994. The minimum atomic E-state index is -3.51. The van der Waals surface area contributed by atoms with Crippen LogP contribution in [0.2, 0.25) is 5.15 Å². The summed E-state index contributed by atoms with van der Waals surface area (Å²) in [5, 5.41) is 11.4. The first kappa shape index (κ1) is 13.1. The molecule has 2 N–H and O–H groups in total. The second-order valence-corrected chi connectivity index (χ2v) is 7.83. The van der Waals surface area contributed by atoms with Crippen LogP contribution in [0, 0.1) is 0 Å². The van der Waals surface area contributed by atoms with E-state index in [1.54, 1.807) is 12.1 Å². The highest BCUT2D eigenvalue weighted by Crippen LogP contribution is 2.37. The van der Waals surface area contributed by atoms with Gasteiger partial charge in [-0.15, -0.1) is 10.2 Å². The van der Waals surface area contributed by atoms with Gasteiger partial charge in [0.25, 0.3) is 5.91 Å². The number of anilines is 2. The van der Waals surface area contributed by atoms with E-state index in [2.05, 4.69) is 15.5 Å². The van der Waals surface area contributed by atoms with Crippen LogP contribution in [0.3, 0.4) is 0 Å². The second kappa shape index (κ2) is 6.37. The number of amides is 1. The molecule has 3 rings (SSSR count). The number of carbonyl (C=O) groups excluding carboxylic acids is 1. The molecule has 9 heteroatoms. The molecule has 2 aromatic rings. The predicted molar refractivity (Wildman–Crippen MR) is 90.4 cm³/mol. The highest BCUT2D eigenvalue weighted by molar-refractivity contribution is 7.92. The van der Waals surface area contributed by atoms with Gasteiger partial charge in [-0.05, 0) is 25.0 Å². The molecule has 1 saturated carbocycles. The van der Waals surface area contributed by atoms with E-state index in [1.807, 2.05) is 5.32 Å². The quantitative estimate of drug-likeness (QED) is 0.837. The van der Waals surface area contributed by atoms with E-state index in [4.69, 9.17) is 15.7 Å². The molecule has 0 aliphatic heterocycles. The number of nitrogens with zero attached hydrogens (tertiary/aromatic N) is 2. The molecule has 126 valence electrons. The molecule has 1 aliphatic carbocycles. The number of rotatable bonds is 5. The summed E-state index contributed by atoms with van der Waals surface area (Å²) in [6.07, 6.45) is 1.21. The summed E-state index contributed by atoms with van der Waals surface area (Å²) in [4.78, 5) is 12.3. The molecular weight excluding hydrogens is 352 g/mol. The van der Waals surface area contributed by atoms with Crippen molar-refractivity contribution in [3.8, 4) is 0 Å². The molecule has 1 aromatic carbocycles. The molecule has 7 nitrogen and oxygen atoms in total. The molecule has 1 heterocycles. The zero-order valence-corrected chi connectivity index (χ0v) is 13.9. The van der Waals surface area contributed by atoms with E-state index in [0.717, 1.165) is 0 Å². The molecule has 0 radical (unpaired) electrons. The Morgan fingerprint density at radius 3 is 2.75 bits per heavy atom. The molecule has 1 amide bonds. The molecule has 0 saturated heterocycles. The average Bonchev–Trinajstić information content (AvgIpc) is 3.39. The fraction of sp³-hybridized carbons (Fsp3) is 0.267. The smallest absolute Gasteiger partial charge is 0.273 e. The van der Waals surface area contributed by atoms with Crippen LogP contribution in [-0.2, 0) is 9.84 Å². The third kappa shape index (κ3) is 3.20. The fourth-order valence-electron chi connectivity index (χ4n) is 2.21. The molecule has 1 aliphatic rings. The van der Waals surface area contributed by atoms with Gasteiger partial charge in [0.15, 0.2) is 20.7 Å². The van der Waals surface area contributed by atoms with E-state index in [9.17, 15) is 13.2 Å². The lowest BCUT2D eigenvalue weighted by Gasteiger charge is -2.14. The topological polar surface area (TPSA) is 101 Å². The van der Waals surface area contributed by atoms with Crippen molar-refractivity contribution in [1.82, 2.24) is 15.5 Å².